The molecular weight excluding hydrogens is 527 g/mol. The molecule has 1 atom stereocenters. The molecule has 4 aromatic rings. The topological polar surface area (TPSA) is 87.0 Å². The Kier molecular flexibility index (Phi) is 8.79. The summed E-state index contributed by atoms with van der Waals surface area (Å²) in [6.07, 6.45) is -4.61. The van der Waals surface area contributed by atoms with Crippen molar-refractivity contribution >= 4 is 16.9 Å². The van der Waals surface area contributed by atoms with Gasteiger partial charge in [0.05, 0.1) is 24.7 Å². The molecule has 1 unspecified atom stereocenters. The fourth-order valence-corrected chi connectivity index (χ4v) is 4.12. The fraction of sp³-hybridized carbons (Fsp3) is 0.267. The number of hydrogen-bond donors (Lipinski definition) is 1. The maximum atomic E-state index is 13.7. The molecule has 210 valence electrons. The molecule has 7 nitrogen and oxygen atoms in total. The van der Waals surface area contributed by atoms with E-state index in [1.807, 2.05) is 31.2 Å². The molecular formula is C30H28F3NO6. The number of methoxy groups -OCH3 is 1. The van der Waals surface area contributed by atoms with E-state index in [4.69, 9.17) is 18.6 Å². The van der Waals surface area contributed by atoms with E-state index in [-0.39, 0.29) is 47.3 Å². The van der Waals surface area contributed by atoms with Crippen molar-refractivity contribution in [2.45, 2.75) is 26.1 Å². The van der Waals surface area contributed by atoms with Crippen LogP contribution in [-0.2, 0) is 10.9 Å². The van der Waals surface area contributed by atoms with Gasteiger partial charge in [0, 0.05) is 18.7 Å². The molecule has 1 N–H and O–H groups in total. The van der Waals surface area contributed by atoms with Crippen molar-refractivity contribution in [2.24, 2.45) is 0 Å². The zero-order chi connectivity index (χ0) is 28.9. The number of alkyl halides is 3. The monoisotopic (exact) mass is 555 g/mol. The van der Waals surface area contributed by atoms with Crippen molar-refractivity contribution in [1.82, 2.24) is 5.32 Å². The van der Waals surface area contributed by atoms with Crippen molar-refractivity contribution in [3.05, 3.63) is 93.8 Å². The summed E-state index contributed by atoms with van der Waals surface area (Å²) >= 11 is 0. The summed E-state index contributed by atoms with van der Waals surface area (Å²) in [5, 5.41) is 3.39. The number of halogens is 3. The minimum Gasteiger partial charge on any atom is -0.497 e. The van der Waals surface area contributed by atoms with Gasteiger partial charge < -0.3 is 23.9 Å². The molecule has 0 aliphatic heterocycles. The quantitative estimate of drug-likeness (QED) is 0.179. The lowest BCUT2D eigenvalue weighted by Crippen LogP contribution is -2.24. The number of carbonyl (C=O) groups excluding carboxylic acids is 1. The lowest BCUT2D eigenvalue weighted by Gasteiger charge is -2.17. The predicted molar refractivity (Wildman–Crippen MR) is 144 cm³/mol. The zero-order valence-corrected chi connectivity index (χ0v) is 22.1. The van der Waals surface area contributed by atoms with Gasteiger partial charge in [-0.2, -0.15) is 13.2 Å². The van der Waals surface area contributed by atoms with Crippen molar-refractivity contribution in [3.63, 3.8) is 0 Å². The van der Waals surface area contributed by atoms with E-state index in [0.717, 1.165) is 29.5 Å². The van der Waals surface area contributed by atoms with Crippen molar-refractivity contribution < 1.29 is 36.6 Å². The molecule has 0 amide bonds. The Morgan fingerprint density at radius 3 is 2.52 bits per heavy atom. The summed E-state index contributed by atoms with van der Waals surface area (Å²) in [6.45, 7) is 4.19. The molecule has 0 saturated carbocycles. The average Bonchev–Trinajstić information content (AvgIpc) is 2.94. The number of carbonyl (C=O) groups is 1. The van der Waals surface area contributed by atoms with Crippen LogP contribution in [0.2, 0.25) is 0 Å². The van der Waals surface area contributed by atoms with E-state index in [2.05, 4.69) is 5.32 Å². The van der Waals surface area contributed by atoms with Crippen LogP contribution >= 0.6 is 0 Å². The van der Waals surface area contributed by atoms with Crippen LogP contribution in [0.3, 0.4) is 0 Å². The first-order valence-corrected chi connectivity index (χ1v) is 12.6. The van der Waals surface area contributed by atoms with Crippen LogP contribution < -0.4 is 20.2 Å². The molecule has 1 heterocycles. The lowest BCUT2D eigenvalue weighted by atomic mass is 10.0. The minimum atomic E-state index is -4.61. The highest BCUT2D eigenvalue weighted by atomic mass is 19.4. The summed E-state index contributed by atoms with van der Waals surface area (Å²) < 4.78 is 62.4. The molecule has 1 aromatic heterocycles. The largest absolute Gasteiger partial charge is 0.497 e. The van der Waals surface area contributed by atoms with Crippen LogP contribution in [0, 0.1) is 0 Å². The number of benzene rings is 3. The number of ether oxygens (including phenoxy) is 3. The number of rotatable bonds is 10. The van der Waals surface area contributed by atoms with Gasteiger partial charge in [0.15, 0.2) is 5.43 Å². The van der Waals surface area contributed by atoms with Crippen molar-refractivity contribution in [2.75, 3.05) is 26.9 Å². The highest BCUT2D eigenvalue weighted by Gasteiger charge is 2.31. The summed E-state index contributed by atoms with van der Waals surface area (Å²) in [7, 11) is 1.59. The Morgan fingerprint density at radius 1 is 1.00 bits per heavy atom. The van der Waals surface area contributed by atoms with E-state index in [1.54, 1.807) is 14.0 Å². The molecule has 3 aromatic carbocycles. The molecule has 0 fully saturated rings. The summed E-state index contributed by atoms with van der Waals surface area (Å²) in [5.41, 5.74) is 0.255. The van der Waals surface area contributed by atoms with Crippen LogP contribution in [0.15, 0.2) is 75.9 Å². The maximum absolute atomic E-state index is 13.7. The minimum absolute atomic E-state index is 0.0328. The Hall–Kier alpha value is -4.31. The highest BCUT2D eigenvalue weighted by Crippen LogP contribution is 2.36. The van der Waals surface area contributed by atoms with Gasteiger partial charge in [-0.25, -0.2) is 4.79 Å². The lowest BCUT2D eigenvalue weighted by molar-refractivity contribution is -0.137. The fourth-order valence-electron chi connectivity index (χ4n) is 4.12. The van der Waals surface area contributed by atoms with E-state index < -0.39 is 23.1 Å². The van der Waals surface area contributed by atoms with Crippen LogP contribution in [0.25, 0.3) is 22.1 Å². The third kappa shape index (κ3) is 6.81. The van der Waals surface area contributed by atoms with Gasteiger partial charge in [0.25, 0.3) is 0 Å². The second-order valence-electron chi connectivity index (χ2n) is 8.95. The van der Waals surface area contributed by atoms with Gasteiger partial charge in [0.1, 0.15) is 23.7 Å². The van der Waals surface area contributed by atoms with Gasteiger partial charge in [-0.3, -0.25) is 4.79 Å². The number of fused-ring (bicyclic) bond motifs is 1. The third-order valence-corrected chi connectivity index (χ3v) is 6.19. The molecule has 0 bridgehead atoms. The number of nitrogens with one attached hydrogen (secondary N) is 1. The van der Waals surface area contributed by atoms with Gasteiger partial charge in [-0.05, 0) is 73.0 Å². The Bertz CT molecular complexity index is 1560. The molecule has 0 radical (unpaired) electrons. The SMILES string of the molecule is CCOC(=O)c1cc(=O)c2cc(-c3cc(OCCNC(C)c4cccc(OC)c4)cc(C(F)(F)F)c3)ccc2o1. The first-order valence-electron chi connectivity index (χ1n) is 12.6. The second kappa shape index (κ2) is 12.3. The summed E-state index contributed by atoms with van der Waals surface area (Å²) in [5.74, 6) is -0.274. The molecule has 4 rings (SSSR count). The maximum Gasteiger partial charge on any atom is 0.416 e. The Balaban J connectivity index is 1.55. The number of esters is 1. The normalized spacial score (nSPS) is 12.2. The van der Waals surface area contributed by atoms with Crippen LogP contribution in [0.5, 0.6) is 11.5 Å². The molecule has 10 heteroatoms. The first kappa shape index (κ1) is 28.7. The smallest absolute Gasteiger partial charge is 0.416 e. The highest BCUT2D eigenvalue weighted by molar-refractivity contribution is 5.90. The van der Waals surface area contributed by atoms with Crippen LogP contribution in [0.4, 0.5) is 13.2 Å². The number of hydrogen-bond acceptors (Lipinski definition) is 7. The summed E-state index contributed by atoms with van der Waals surface area (Å²) in [4.78, 5) is 24.6. The third-order valence-electron chi connectivity index (χ3n) is 6.19. The van der Waals surface area contributed by atoms with E-state index in [1.165, 1.54) is 24.3 Å². The molecule has 0 aliphatic rings. The zero-order valence-electron chi connectivity index (χ0n) is 22.1. The molecule has 40 heavy (non-hydrogen) atoms. The Labute approximate surface area is 228 Å². The van der Waals surface area contributed by atoms with Gasteiger partial charge in [-0.15, -0.1) is 0 Å². The average molecular weight is 556 g/mol. The van der Waals surface area contributed by atoms with Crippen molar-refractivity contribution in [3.8, 4) is 22.6 Å². The van der Waals surface area contributed by atoms with Crippen molar-refractivity contribution in [1.29, 1.82) is 0 Å². The Morgan fingerprint density at radius 2 is 1.80 bits per heavy atom. The molecule has 0 aliphatic carbocycles. The summed E-state index contributed by atoms with van der Waals surface area (Å²) in [6, 6.07) is 16.3. The van der Waals surface area contributed by atoms with E-state index in [0.29, 0.717) is 12.1 Å². The second-order valence-corrected chi connectivity index (χ2v) is 8.95. The van der Waals surface area contributed by atoms with Gasteiger partial charge in [0.2, 0.25) is 5.76 Å². The molecule has 0 spiro atoms. The van der Waals surface area contributed by atoms with E-state index >= 15 is 0 Å². The van der Waals surface area contributed by atoms with E-state index in [9.17, 15) is 22.8 Å². The molecule has 0 saturated heterocycles. The first-order chi connectivity index (χ1) is 19.1. The van der Waals surface area contributed by atoms with Crippen LogP contribution in [-0.4, -0.2) is 32.8 Å². The standard InChI is InChI=1S/C30H28F3NO6/c1-4-38-29(36)28-17-26(35)25-15-20(8-9-27(25)40-28)21-12-22(30(31,32)33)16-24(14-21)39-11-10-34-18(2)19-6-5-7-23(13-19)37-3/h5-9,12-18,34H,4,10-11H2,1-3H3. The van der Waals surface area contributed by atoms with Gasteiger partial charge >= 0.3 is 12.1 Å². The van der Waals surface area contributed by atoms with Crippen LogP contribution in [0.1, 0.15) is 41.6 Å². The van der Waals surface area contributed by atoms with Gasteiger partial charge in [-0.1, -0.05) is 18.2 Å². The predicted octanol–water partition coefficient (Wildman–Crippen LogP) is 6.39.